The minimum absolute atomic E-state index is 0.148. The minimum Gasteiger partial charge on any atom is -0.304 e. The monoisotopic (exact) mass is 481 g/mol. The van der Waals surface area contributed by atoms with E-state index in [4.69, 9.17) is 0 Å². The Hall–Kier alpha value is -4.15. The third-order valence-electron chi connectivity index (χ3n) is 5.78. The SMILES string of the molecule is Cc1cc(C(F)(F)F)nn1-c1ccc(Cn2c(=O)[nH]c3cnc(-c4ccnn4C(C)C)cc32)cc1. The van der Waals surface area contributed by atoms with Gasteiger partial charge in [0.15, 0.2) is 5.69 Å². The van der Waals surface area contributed by atoms with Crippen LogP contribution in [0.2, 0.25) is 0 Å². The van der Waals surface area contributed by atoms with Gasteiger partial charge in [0, 0.05) is 17.9 Å². The third-order valence-corrected chi connectivity index (χ3v) is 5.78. The maximum absolute atomic E-state index is 13.0. The average molecular weight is 481 g/mol. The molecule has 0 unspecified atom stereocenters. The highest BCUT2D eigenvalue weighted by molar-refractivity contribution is 5.78. The van der Waals surface area contributed by atoms with Gasteiger partial charge in [-0.3, -0.25) is 14.2 Å². The lowest BCUT2D eigenvalue weighted by molar-refractivity contribution is -0.141. The molecule has 0 saturated carbocycles. The van der Waals surface area contributed by atoms with Crippen molar-refractivity contribution in [2.24, 2.45) is 0 Å². The van der Waals surface area contributed by atoms with Crippen LogP contribution in [0.3, 0.4) is 0 Å². The van der Waals surface area contributed by atoms with E-state index in [2.05, 4.69) is 20.2 Å². The van der Waals surface area contributed by atoms with Gasteiger partial charge in [0.25, 0.3) is 0 Å². The number of nitrogens with zero attached hydrogens (tertiary/aromatic N) is 6. The number of aromatic nitrogens is 7. The number of hydrogen-bond acceptors (Lipinski definition) is 4. The predicted octanol–water partition coefficient (Wildman–Crippen LogP) is 4.73. The molecule has 0 bridgehead atoms. The first kappa shape index (κ1) is 22.6. The fourth-order valence-corrected chi connectivity index (χ4v) is 4.08. The van der Waals surface area contributed by atoms with Crippen molar-refractivity contribution >= 4 is 11.0 Å². The average Bonchev–Trinajstić information content (AvgIpc) is 3.52. The van der Waals surface area contributed by atoms with Gasteiger partial charge in [0.05, 0.1) is 40.9 Å². The fraction of sp³-hybridized carbons (Fsp3) is 0.250. The summed E-state index contributed by atoms with van der Waals surface area (Å²) in [5, 5.41) is 8.04. The van der Waals surface area contributed by atoms with E-state index in [0.717, 1.165) is 17.3 Å². The van der Waals surface area contributed by atoms with Crippen molar-refractivity contribution in [1.82, 2.24) is 34.1 Å². The molecule has 11 heteroatoms. The van der Waals surface area contributed by atoms with E-state index in [0.29, 0.717) is 28.1 Å². The number of hydrogen-bond donors (Lipinski definition) is 1. The summed E-state index contributed by atoms with van der Waals surface area (Å²) in [6.07, 6.45) is -1.17. The molecule has 5 aromatic rings. The van der Waals surface area contributed by atoms with Crippen molar-refractivity contribution in [3.05, 3.63) is 82.3 Å². The largest absolute Gasteiger partial charge is 0.435 e. The van der Waals surface area contributed by atoms with Gasteiger partial charge < -0.3 is 4.98 Å². The van der Waals surface area contributed by atoms with Gasteiger partial charge >= 0.3 is 11.9 Å². The molecular weight excluding hydrogens is 459 g/mol. The van der Waals surface area contributed by atoms with Crippen molar-refractivity contribution in [2.45, 2.75) is 39.5 Å². The van der Waals surface area contributed by atoms with E-state index in [1.165, 1.54) is 4.68 Å². The molecule has 0 aliphatic rings. The van der Waals surface area contributed by atoms with Crippen LogP contribution >= 0.6 is 0 Å². The Morgan fingerprint density at radius 1 is 1.09 bits per heavy atom. The highest BCUT2D eigenvalue weighted by atomic mass is 19.4. The van der Waals surface area contributed by atoms with Gasteiger partial charge in [-0.05, 0) is 56.7 Å². The molecule has 0 amide bonds. The molecule has 4 aromatic heterocycles. The summed E-state index contributed by atoms with van der Waals surface area (Å²) in [5.41, 5.74) is 3.31. The number of benzene rings is 1. The smallest absolute Gasteiger partial charge is 0.304 e. The third kappa shape index (κ3) is 4.13. The zero-order valence-corrected chi connectivity index (χ0v) is 19.2. The van der Waals surface area contributed by atoms with Crippen LogP contribution in [0.4, 0.5) is 13.2 Å². The number of aryl methyl sites for hydroxylation is 1. The topological polar surface area (TPSA) is 86.3 Å². The zero-order valence-electron chi connectivity index (χ0n) is 19.2. The van der Waals surface area contributed by atoms with E-state index < -0.39 is 11.9 Å². The molecular formula is C24H22F3N7O. The Labute approximate surface area is 197 Å². The molecule has 0 aliphatic carbocycles. The summed E-state index contributed by atoms with van der Waals surface area (Å²) in [4.78, 5) is 20.0. The van der Waals surface area contributed by atoms with E-state index >= 15 is 0 Å². The number of pyridine rings is 1. The predicted molar refractivity (Wildman–Crippen MR) is 124 cm³/mol. The van der Waals surface area contributed by atoms with E-state index in [-0.39, 0.29) is 18.3 Å². The number of fused-ring (bicyclic) bond motifs is 1. The van der Waals surface area contributed by atoms with Crippen LogP contribution in [0, 0.1) is 6.92 Å². The lowest BCUT2D eigenvalue weighted by Crippen LogP contribution is -2.17. The van der Waals surface area contributed by atoms with E-state index in [9.17, 15) is 18.0 Å². The summed E-state index contributed by atoms with van der Waals surface area (Å²) < 4.78 is 43.7. The first-order valence-corrected chi connectivity index (χ1v) is 11.0. The second-order valence-electron chi connectivity index (χ2n) is 8.60. The first-order valence-electron chi connectivity index (χ1n) is 11.0. The minimum atomic E-state index is -4.51. The molecule has 0 aliphatic heterocycles. The number of aromatic amines is 1. The van der Waals surface area contributed by atoms with E-state index in [1.807, 2.05) is 30.7 Å². The number of nitrogens with one attached hydrogen (secondary N) is 1. The molecule has 35 heavy (non-hydrogen) atoms. The van der Waals surface area contributed by atoms with Crippen LogP contribution in [0.1, 0.15) is 36.8 Å². The van der Waals surface area contributed by atoms with E-state index in [1.54, 1.807) is 48.1 Å². The zero-order chi connectivity index (χ0) is 24.9. The maximum atomic E-state index is 13.0. The van der Waals surface area contributed by atoms with Crippen molar-refractivity contribution in [1.29, 1.82) is 0 Å². The molecule has 0 fully saturated rings. The molecule has 8 nitrogen and oxygen atoms in total. The van der Waals surface area contributed by atoms with Gasteiger partial charge in [0.2, 0.25) is 0 Å². The second kappa shape index (κ2) is 8.26. The highest BCUT2D eigenvalue weighted by Crippen LogP contribution is 2.29. The molecule has 4 heterocycles. The number of halogens is 3. The van der Waals surface area contributed by atoms with Gasteiger partial charge in [-0.2, -0.15) is 23.4 Å². The standard InChI is InChI=1S/C24H22F3N7O/c1-14(2)33-20(8-9-29-33)18-11-21-19(12-28-18)30-23(35)32(21)13-16-4-6-17(7-5-16)34-15(3)10-22(31-34)24(25,26)27/h4-12,14H,13H2,1-3H3,(H,30,35). The molecule has 5 rings (SSSR count). The summed E-state index contributed by atoms with van der Waals surface area (Å²) >= 11 is 0. The normalized spacial score (nSPS) is 12.2. The number of imidazole rings is 1. The first-order chi connectivity index (χ1) is 16.6. The van der Waals surface area contributed by atoms with Crippen molar-refractivity contribution in [3.8, 4) is 17.1 Å². The van der Waals surface area contributed by atoms with Crippen LogP contribution < -0.4 is 5.69 Å². The van der Waals surface area contributed by atoms with Crippen LogP contribution in [-0.4, -0.2) is 34.1 Å². The fourth-order valence-electron chi connectivity index (χ4n) is 4.08. The molecule has 1 N–H and O–H groups in total. The summed E-state index contributed by atoms with van der Waals surface area (Å²) in [6.45, 7) is 5.90. The van der Waals surface area contributed by atoms with Gasteiger partial charge in [0.1, 0.15) is 0 Å². The lowest BCUT2D eigenvalue weighted by atomic mass is 10.2. The molecule has 0 radical (unpaired) electrons. The summed E-state index contributed by atoms with van der Waals surface area (Å²) in [6, 6.07) is 11.8. The molecule has 1 aromatic carbocycles. The lowest BCUT2D eigenvalue weighted by Gasteiger charge is -2.11. The van der Waals surface area contributed by atoms with Gasteiger partial charge in [-0.1, -0.05) is 12.1 Å². The maximum Gasteiger partial charge on any atom is 0.435 e. The Morgan fingerprint density at radius 2 is 1.83 bits per heavy atom. The van der Waals surface area contributed by atoms with Gasteiger partial charge in [-0.15, -0.1) is 0 Å². The van der Waals surface area contributed by atoms with Crippen molar-refractivity contribution < 1.29 is 13.2 Å². The Balaban J connectivity index is 1.47. The Bertz CT molecular complexity index is 1570. The summed E-state index contributed by atoms with van der Waals surface area (Å²) in [7, 11) is 0. The molecule has 0 atom stereocenters. The van der Waals surface area contributed by atoms with Gasteiger partial charge in [-0.25, -0.2) is 9.48 Å². The quantitative estimate of drug-likeness (QED) is 0.393. The van der Waals surface area contributed by atoms with Crippen molar-refractivity contribution in [2.75, 3.05) is 0 Å². The van der Waals surface area contributed by atoms with Crippen molar-refractivity contribution in [3.63, 3.8) is 0 Å². The molecule has 180 valence electrons. The number of rotatable bonds is 5. The number of alkyl halides is 3. The molecule has 0 spiro atoms. The summed E-state index contributed by atoms with van der Waals surface area (Å²) in [5.74, 6) is 0. The van der Waals surface area contributed by atoms with Crippen LogP contribution in [-0.2, 0) is 12.7 Å². The van der Waals surface area contributed by atoms with Crippen LogP contribution in [0.5, 0.6) is 0 Å². The van der Waals surface area contributed by atoms with Crippen LogP contribution in [0.25, 0.3) is 28.1 Å². The highest BCUT2D eigenvalue weighted by Gasteiger charge is 2.34. The Morgan fingerprint density at radius 3 is 2.49 bits per heavy atom. The number of H-pyrrole nitrogens is 1. The molecule has 0 saturated heterocycles. The second-order valence-corrected chi connectivity index (χ2v) is 8.60. The Kier molecular flexibility index (Phi) is 5.34. The van der Waals surface area contributed by atoms with Crippen LogP contribution in [0.15, 0.2) is 59.7 Å².